The van der Waals surface area contributed by atoms with Crippen LogP contribution >= 0.6 is 0 Å². The van der Waals surface area contributed by atoms with E-state index in [1.165, 1.54) is 0 Å². The smallest absolute Gasteiger partial charge is 0.273 e. The topological polar surface area (TPSA) is 63.4 Å². The van der Waals surface area contributed by atoms with Crippen LogP contribution in [-0.4, -0.2) is 16.6 Å². The van der Waals surface area contributed by atoms with E-state index in [1.807, 2.05) is 26.0 Å². The van der Waals surface area contributed by atoms with E-state index < -0.39 is 0 Å². The number of aliphatic hydroxyl groups is 1. The summed E-state index contributed by atoms with van der Waals surface area (Å²) in [6.45, 7) is 4.17. The van der Waals surface area contributed by atoms with Crippen LogP contribution in [0.5, 0.6) is 0 Å². The zero-order chi connectivity index (χ0) is 13.5. The number of nitro benzene ring substituents is 1. The molecule has 0 aliphatic rings. The fraction of sp³-hybridized carbons (Fsp3) is 0.429. The van der Waals surface area contributed by atoms with Crippen LogP contribution in [0.25, 0.3) is 6.08 Å². The first-order chi connectivity index (χ1) is 8.54. The van der Waals surface area contributed by atoms with Gasteiger partial charge in [-0.25, -0.2) is 0 Å². The Morgan fingerprint density at radius 1 is 1.44 bits per heavy atom. The summed E-state index contributed by atoms with van der Waals surface area (Å²) in [7, 11) is 0. The Bertz CT molecular complexity index is 439. The van der Waals surface area contributed by atoms with Crippen molar-refractivity contribution in [2.45, 2.75) is 26.7 Å². The number of nitrogens with zero attached hydrogens (tertiary/aromatic N) is 1. The zero-order valence-corrected chi connectivity index (χ0v) is 10.8. The van der Waals surface area contributed by atoms with Gasteiger partial charge in [-0.1, -0.05) is 38.1 Å². The number of rotatable bonds is 6. The molecule has 1 aromatic rings. The number of hydrogen-bond donors (Lipinski definition) is 1. The lowest BCUT2D eigenvalue weighted by atomic mass is 9.99. The average molecular weight is 249 g/mol. The molecule has 0 saturated carbocycles. The van der Waals surface area contributed by atoms with Crippen LogP contribution in [0.1, 0.15) is 31.4 Å². The van der Waals surface area contributed by atoms with Crippen molar-refractivity contribution < 1.29 is 10.0 Å². The Morgan fingerprint density at radius 2 is 2.17 bits per heavy atom. The van der Waals surface area contributed by atoms with Crippen LogP contribution in [-0.2, 0) is 6.42 Å². The minimum absolute atomic E-state index is 0.0873. The number of aliphatic hydroxyl groups excluding tert-OH is 1. The summed E-state index contributed by atoms with van der Waals surface area (Å²) in [6, 6.07) is 5.28. The molecule has 18 heavy (non-hydrogen) atoms. The van der Waals surface area contributed by atoms with Gasteiger partial charge in [-0.15, -0.1) is 0 Å². The molecule has 0 amide bonds. The van der Waals surface area contributed by atoms with Crippen molar-refractivity contribution in [2.24, 2.45) is 5.92 Å². The van der Waals surface area contributed by atoms with Crippen molar-refractivity contribution in [2.75, 3.05) is 6.61 Å². The molecule has 4 nitrogen and oxygen atoms in total. The van der Waals surface area contributed by atoms with E-state index in [-0.39, 0.29) is 17.2 Å². The Kier molecular flexibility index (Phi) is 5.52. The Labute approximate surface area is 107 Å². The molecule has 0 spiro atoms. The fourth-order valence-corrected chi connectivity index (χ4v) is 1.76. The van der Waals surface area contributed by atoms with E-state index in [0.717, 1.165) is 11.1 Å². The lowest BCUT2D eigenvalue weighted by molar-refractivity contribution is -0.385. The van der Waals surface area contributed by atoms with Crippen LogP contribution in [0.2, 0.25) is 0 Å². The van der Waals surface area contributed by atoms with Gasteiger partial charge in [0, 0.05) is 18.2 Å². The quantitative estimate of drug-likeness (QED) is 0.622. The summed E-state index contributed by atoms with van der Waals surface area (Å²) in [5.41, 5.74) is 1.74. The van der Waals surface area contributed by atoms with Crippen LogP contribution < -0.4 is 0 Å². The molecule has 0 fully saturated rings. The van der Waals surface area contributed by atoms with Crippen LogP contribution in [0.3, 0.4) is 0 Å². The van der Waals surface area contributed by atoms with Gasteiger partial charge in [-0.05, 0) is 24.3 Å². The lowest BCUT2D eigenvalue weighted by Gasteiger charge is -2.06. The van der Waals surface area contributed by atoms with Crippen LogP contribution in [0.15, 0.2) is 24.3 Å². The van der Waals surface area contributed by atoms with Crippen LogP contribution in [0.4, 0.5) is 5.69 Å². The first-order valence-corrected chi connectivity index (χ1v) is 6.09. The molecule has 0 unspecified atom stereocenters. The van der Waals surface area contributed by atoms with Gasteiger partial charge in [-0.3, -0.25) is 10.1 Å². The molecule has 98 valence electrons. The molecule has 0 saturated heterocycles. The Balaban J connectivity index is 2.99. The molecule has 1 aromatic carbocycles. The van der Waals surface area contributed by atoms with Gasteiger partial charge in [0.05, 0.1) is 4.92 Å². The van der Waals surface area contributed by atoms with E-state index in [2.05, 4.69) is 0 Å². The SMILES string of the molecule is CC(C)Cc1ccc(C=CCCO)cc1[N+](=O)[O-]. The summed E-state index contributed by atoms with van der Waals surface area (Å²) in [5.74, 6) is 0.388. The van der Waals surface area contributed by atoms with Gasteiger partial charge in [0.2, 0.25) is 0 Å². The molecule has 4 heteroatoms. The molecule has 1 N–H and O–H groups in total. The second-order valence-corrected chi connectivity index (χ2v) is 4.66. The summed E-state index contributed by atoms with van der Waals surface area (Å²) in [4.78, 5) is 10.7. The van der Waals surface area contributed by atoms with Crippen molar-refractivity contribution in [1.82, 2.24) is 0 Å². The summed E-state index contributed by atoms with van der Waals surface area (Å²) < 4.78 is 0. The predicted octanol–water partition coefficient (Wildman–Crippen LogP) is 3.19. The molecule has 0 aliphatic carbocycles. The molecule has 0 bridgehead atoms. The highest BCUT2D eigenvalue weighted by molar-refractivity contribution is 5.56. The maximum absolute atomic E-state index is 11.0. The Hall–Kier alpha value is -1.68. The molecule has 1 rings (SSSR count). The van der Waals surface area contributed by atoms with E-state index in [9.17, 15) is 10.1 Å². The van der Waals surface area contributed by atoms with Crippen molar-refractivity contribution >= 4 is 11.8 Å². The molecular weight excluding hydrogens is 230 g/mol. The highest BCUT2D eigenvalue weighted by Gasteiger charge is 2.14. The van der Waals surface area contributed by atoms with Gasteiger partial charge in [0.15, 0.2) is 0 Å². The number of benzene rings is 1. The van der Waals surface area contributed by atoms with E-state index in [1.54, 1.807) is 18.2 Å². The second-order valence-electron chi connectivity index (χ2n) is 4.66. The van der Waals surface area contributed by atoms with Gasteiger partial charge >= 0.3 is 0 Å². The normalized spacial score (nSPS) is 11.3. The molecule has 0 aliphatic heterocycles. The standard InChI is InChI=1S/C14H19NO3/c1-11(2)9-13-7-6-12(5-3-4-8-16)10-14(13)15(17)18/h3,5-7,10-11,16H,4,8-9H2,1-2H3. The van der Waals surface area contributed by atoms with E-state index >= 15 is 0 Å². The fourth-order valence-electron chi connectivity index (χ4n) is 1.76. The van der Waals surface area contributed by atoms with Gasteiger partial charge < -0.3 is 5.11 Å². The van der Waals surface area contributed by atoms with Crippen molar-refractivity contribution in [3.8, 4) is 0 Å². The van der Waals surface area contributed by atoms with Gasteiger partial charge in [0.1, 0.15) is 0 Å². The third kappa shape index (κ3) is 4.30. The lowest BCUT2D eigenvalue weighted by Crippen LogP contribution is -2.00. The van der Waals surface area contributed by atoms with Gasteiger partial charge in [-0.2, -0.15) is 0 Å². The molecule has 0 heterocycles. The average Bonchev–Trinajstić information content (AvgIpc) is 2.30. The first-order valence-electron chi connectivity index (χ1n) is 6.09. The monoisotopic (exact) mass is 249 g/mol. The second kappa shape index (κ2) is 6.91. The zero-order valence-electron chi connectivity index (χ0n) is 10.8. The predicted molar refractivity (Wildman–Crippen MR) is 72.4 cm³/mol. The summed E-state index contributed by atoms with van der Waals surface area (Å²) in [5, 5.41) is 19.7. The third-order valence-corrected chi connectivity index (χ3v) is 2.54. The molecule has 0 radical (unpaired) electrons. The van der Waals surface area contributed by atoms with Crippen molar-refractivity contribution in [3.63, 3.8) is 0 Å². The molecular formula is C14H19NO3. The molecule has 0 atom stereocenters. The first kappa shape index (κ1) is 14.4. The van der Waals surface area contributed by atoms with E-state index in [0.29, 0.717) is 18.8 Å². The summed E-state index contributed by atoms with van der Waals surface area (Å²) >= 11 is 0. The summed E-state index contributed by atoms with van der Waals surface area (Å²) in [6.07, 6.45) is 4.86. The minimum atomic E-state index is -0.332. The molecule has 0 aromatic heterocycles. The minimum Gasteiger partial charge on any atom is -0.396 e. The van der Waals surface area contributed by atoms with Crippen molar-refractivity contribution in [3.05, 3.63) is 45.5 Å². The van der Waals surface area contributed by atoms with E-state index in [4.69, 9.17) is 5.11 Å². The van der Waals surface area contributed by atoms with Gasteiger partial charge in [0.25, 0.3) is 5.69 Å². The highest BCUT2D eigenvalue weighted by atomic mass is 16.6. The number of nitro groups is 1. The number of hydrogen-bond acceptors (Lipinski definition) is 3. The maximum Gasteiger partial charge on any atom is 0.273 e. The maximum atomic E-state index is 11.0. The highest BCUT2D eigenvalue weighted by Crippen LogP contribution is 2.23. The largest absolute Gasteiger partial charge is 0.396 e. The third-order valence-electron chi connectivity index (χ3n) is 2.54. The Morgan fingerprint density at radius 3 is 2.72 bits per heavy atom. The van der Waals surface area contributed by atoms with Crippen molar-refractivity contribution in [1.29, 1.82) is 0 Å². The van der Waals surface area contributed by atoms with Crippen LogP contribution in [0, 0.1) is 16.0 Å².